The van der Waals surface area contributed by atoms with E-state index >= 15 is 0 Å². The molecule has 0 saturated carbocycles. The van der Waals surface area contributed by atoms with Crippen LogP contribution in [0.25, 0.3) is 83.1 Å². The first-order chi connectivity index (χ1) is 34.1. The van der Waals surface area contributed by atoms with Gasteiger partial charge in [0.15, 0.2) is 11.5 Å². The molecule has 1 aliphatic rings. The van der Waals surface area contributed by atoms with Crippen LogP contribution in [0.5, 0.6) is 28.7 Å². The molecule has 70 heavy (non-hydrogen) atoms. The second-order valence-corrected chi connectivity index (χ2v) is 18.5. The van der Waals surface area contributed by atoms with Gasteiger partial charge in [0.1, 0.15) is 5.69 Å². The summed E-state index contributed by atoms with van der Waals surface area (Å²) < 4.78 is 2.33. The summed E-state index contributed by atoms with van der Waals surface area (Å²) >= 11 is 0. The molecule has 10 aromatic carbocycles. The van der Waals surface area contributed by atoms with E-state index in [0.29, 0.717) is 11.4 Å². The average molecular weight is 911 g/mol. The van der Waals surface area contributed by atoms with E-state index in [4.69, 9.17) is 0 Å². The molecule has 0 aliphatic heterocycles. The highest BCUT2D eigenvalue weighted by Gasteiger charge is 2.41. The molecule has 0 amide bonds. The number of para-hydroxylation sites is 1. The van der Waals surface area contributed by atoms with E-state index in [2.05, 4.69) is 146 Å². The molecule has 7 nitrogen and oxygen atoms in total. The van der Waals surface area contributed by atoms with Crippen LogP contribution in [-0.4, -0.2) is 30.1 Å². The van der Waals surface area contributed by atoms with Crippen molar-refractivity contribution >= 4 is 38.9 Å². The SMILES string of the molecule is CC1(C)c2ccccc2-c2cc(-c3ccc4c(c3)c3ccccc3n4-c3ccc(-c4ccccc4)c(-c4ccccc4)c3)cc(N(c3ccc(-c4ccccc4)cc3)c3c(O)c(O)c(O)c(O)c3O)c21. The maximum Gasteiger partial charge on any atom is 0.208 e. The van der Waals surface area contributed by atoms with Crippen LogP contribution in [0.2, 0.25) is 0 Å². The lowest BCUT2D eigenvalue weighted by atomic mass is 9.80. The van der Waals surface area contributed by atoms with Crippen LogP contribution in [0.3, 0.4) is 0 Å². The Morgan fingerprint density at radius 2 is 0.914 bits per heavy atom. The van der Waals surface area contributed by atoms with Crippen molar-refractivity contribution < 1.29 is 25.5 Å². The van der Waals surface area contributed by atoms with Gasteiger partial charge in [-0.05, 0) is 121 Å². The van der Waals surface area contributed by atoms with Gasteiger partial charge in [0.25, 0.3) is 0 Å². The van der Waals surface area contributed by atoms with Crippen LogP contribution < -0.4 is 4.90 Å². The normalized spacial score (nSPS) is 12.5. The fourth-order valence-corrected chi connectivity index (χ4v) is 10.8. The van der Waals surface area contributed by atoms with E-state index in [0.717, 1.165) is 94.3 Å². The summed E-state index contributed by atoms with van der Waals surface area (Å²) in [5.74, 6) is -4.54. The van der Waals surface area contributed by atoms with Gasteiger partial charge in [-0.3, -0.25) is 0 Å². The van der Waals surface area contributed by atoms with Gasteiger partial charge in [0.2, 0.25) is 17.2 Å². The number of aromatic hydroxyl groups is 5. The molecule has 0 radical (unpaired) electrons. The first-order valence-corrected chi connectivity index (χ1v) is 23.3. The largest absolute Gasteiger partial charge is 0.503 e. The lowest BCUT2D eigenvalue weighted by molar-refractivity contribution is 0.329. The molecular weight excluding hydrogens is 865 g/mol. The first kappa shape index (κ1) is 42.2. The molecular formula is C63H46N2O5. The molecule has 0 saturated heterocycles. The van der Waals surface area contributed by atoms with Gasteiger partial charge >= 0.3 is 0 Å². The third kappa shape index (κ3) is 6.58. The molecule has 0 spiro atoms. The molecule has 1 aromatic heterocycles. The Balaban J connectivity index is 1.10. The fourth-order valence-electron chi connectivity index (χ4n) is 10.8. The van der Waals surface area contributed by atoms with E-state index in [9.17, 15) is 25.5 Å². The molecule has 12 rings (SSSR count). The van der Waals surface area contributed by atoms with Crippen molar-refractivity contribution in [2.45, 2.75) is 19.3 Å². The number of phenols is 5. The van der Waals surface area contributed by atoms with Gasteiger partial charge in [-0.25, -0.2) is 0 Å². The highest BCUT2D eigenvalue weighted by Crippen LogP contribution is 2.61. The number of benzene rings is 10. The molecule has 7 heteroatoms. The van der Waals surface area contributed by atoms with Gasteiger partial charge in [-0.15, -0.1) is 0 Å². The highest BCUT2D eigenvalue weighted by atomic mass is 16.4. The molecule has 0 bridgehead atoms. The van der Waals surface area contributed by atoms with Crippen molar-refractivity contribution in [1.82, 2.24) is 4.57 Å². The molecule has 1 heterocycles. The predicted molar refractivity (Wildman–Crippen MR) is 283 cm³/mol. The predicted octanol–water partition coefficient (Wildman–Crippen LogP) is 15.8. The number of phenolic OH excluding ortho intramolecular Hbond substituents is 5. The zero-order chi connectivity index (χ0) is 47.8. The van der Waals surface area contributed by atoms with Crippen molar-refractivity contribution in [3.05, 3.63) is 223 Å². The van der Waals surface area contributed by atoms with Crippen LogP contribution in [0.4, 0.5) is 17.1 Å². The van der Waals surface area contributed by atoms with Crippen LogP contribution >= 0.6 is 0 Å². The Labute approximate surface area is 404 Å². The van der Waals surface area contributed by atoms with E-state index in [1.54, 1.807) is 4.90 Å². The monoisotopic (exact) mass is 910 g/mol. The first-order valence-electron chi connectivity index (χ1n) is 23.3. The lowest BCUT2D eigenvalue weighted by Gasteiger charge is -2.33. The van der Waals surface area contributed by atoms with Crippen molar-refractivity contribution in [2.24, 2.45) is 0 Å². The standard InChI is InChI=1S/C63H46N2O5/c1-63(2)52-24-14-12-22-47(52)51-35-43(36-55(56(51)63)65(57-58(66)60(68)62(70)61(69)59(57)67)44-29-26-39(27-30-44)38-16-6-3-7-17-38)42-28-33-54-50(34-42)48-23-13-15-25-53(48)64(54)45-31-32-46(40-18-8-4-9-19-40)49(37-45)41-20-10-5-11-21-41/h3-37,66-70H,1-2H3. The zero-order valence-corrected chi connectivity index (χ0v) is 38.3. The van der Waals surface area contributed by atoms with Crippen LogP contribution in [0.1, 0.15) is 25.0 Å². The molecule has 0 atom stereocenters. The number of hydrogen-bond donors (Lipinski definition) is 5. The van der Waals surface area contributed by atoms with Crippen LogP contribution in [0, 0.1) is 0 Å². The van der Waals surface area contributed by atoms with Gasteiger partial charge in [-0.1, -0.05) is 172 Å². The summed E-state index contributed by atoms with van der Waals surface area (Å²) in [5, 5.41) is 58.6. The molecule has 1 aliphatic carbocycles. The Morgan fingerprint density at radius 1 is 0.371 bits per heavy atom. The van der Waals surface area contributed by atoms with E-state index < -0.39 is 34.2 Å². The molecule has 11 aromatic rings. The number of aromatic nitrogens is 1. The summed E-state index contributed by atoms with van der Waals surface area (Å²) in [4.78, 5) is 1.67. The number of nitrogens with zero attached hydrogens (tertiary/aromatic N) is 2. The Kier molecular flexibility index (Phi) is 9.79. The third-order valence-corrected chi connectivity index (χ3v) is 14.1. The topological polar surface area (TPSA) is 109 Å². The van der Waals surface area contributed by atoms with E-state index in [1.807, 2.05) is 84.9 Å². The summed E-state index contributed by atoms with van der Waals surface area (Å²) in [6.45, 7) is 4.30. The number of hydrogen-bond acceptors (Lipinski definition) is 6. The second-order valence-electron chi connectivity index (χ2n) is 18.5. The minimum Gasteiger partial charge on any atom is -0.503 e. The van der Waals surface area contributed by atoms with Gasteiger partial charge in [0, 0.05) is 27.6 Å². The van der Waals surface area contributed by atoms with Crippen molar-refractivity contribution in [2.75, 3.05) is 4.90 Å². The maximum atomic E-state index is 11.8. The van der Waals surface area contributed by atoms with Crippen molar-refractivity contribution in [1.29, 1.82) is 0 Å². The van der Waals surface area contributed by atoms with Crippen LogP contribution in [-0.2, 0) is 5.41 Å². The van der Waals surface area contributed by atoms with Crippen LogP contribution in [0.15, 0.2) is 212 Å². The molecule has 0 unspecified atom stereocenters. The third-order valence-electron chi connectivity index (χ3n) is 14.1. The Hall–Kier alpha value is -9.20. The molecule has 0 fully saturated rings. The highest BCUT2D eigenvalue weighted by molar-refractivity contribution is 6.11. The lowest BCUT2D eigenvalue weighted by Crippen LogP contribution is -2.21. The Bertz CT molecular complexity index is 3810. The minimum absolute atomic E-state index is 0.293. The summed E-state index contributed by atoms with van der Waals surface area (Å²) in [6, 6.07) is 72.9. The number of rotatable bonds is 8. The van der Waals surface area contributed by atoms with Gasteiger partial charge < -0.3 is 35.0 Å². The summed E-state index contributed by atoms with van der Waals surface area (Å²) in [6.07, 6.45) is 0. The van der Waals surface area contributed by atoms with E-state index in [-0.39, 0.29) is 5.69 Å². The minimum atomic E-state index is -1.03. The van der Waals surface area contributed by atoms with E-state index in [1.165, 1.54) is 0 Å². The van der Waals surface area contributed by atoms with Crippen molar-refractivity contribution in [3.63, 3.8) is 0 Å². The quantitative estimate of drug-likeness (QED) is 0.0767. The summed E-state index contributed by atoms with van der Waals surface area (Å²) in [7, 11) is 0. The summed E-state index contributed by atoms with van der Waals surface area (Å²) in [5.41, 5.74) is 15.6. The number of anilines is 3. The Morgan fingerprint density at radius 3 is 1.60 bits per heavy atom. The van der Waals surface area contributed by atoms with Gasteiger partial charge in [-0.2, -0.15) is 0 Å². The van der Waals surface area contributed by atoms with Gasteiger partial charge in [0.05, 0.1) is 16.7 Å². The second kappa shape index (κ2) is 16.2. The maximum absolute atomic E-state index is 11.8. The fraction of sp³-hybridized carbons (Fsp3) is 0.0476. The smallest absolute Gasteiger partial charge is 0.208 e. The average Bonchev–Trinajstić information content (AvgIpc) is 3.86. The number of fused-ring (bicyclic) bond motifs is 6. The molecule has 5 N–H and O–H groups in total. The zero-order valence-electron chi connectivity index (χ0n) is 38.3. The van der Waals surface area contributed by atoms with Crippen molar-refractivity contribution in [3.8, 4) is 90.1 Å². The molecule has 338 valence electrons.